The van der Waals surface area contributed by atoms with Gasteiger partial charge >= 0.3 is 0 Å². The Labute approximate surface area is 113 Å². The first-order valence-corrected chi connectivity index (χ1v) is 7.78. The van der Waals surface area contributed by atoms with Gasteiger partial charge in [-0.1, -0.05) is 13.3 Å². The third-order valence-corrected chi connectivity index (χ3v) is 5.11. The van der Waals surface area contributed by atoms with Crippen LogP contribution in [0.2, 0.25) is 0 Å². The SMILES string of the molecule is CNCC(C)C(C)N1CC2CCCCN2CC1C. The van der Waals surface area contributed by atoms with E-state index in [-0.39, 0.29) is 0 Å². The van der Waals surface area contributed by atoms with E-state index in [0.29, 0.717) is 12.1 Å². The molecule has 0 aromatic heterocycles. The molecule has 2 aliphatic heterocycles. The van der Waals surface area contributed by atoms with Crippen LogP contribution in [0.15, 0.2) is 0 Å². The summed E-state index contributed by atoms with van der Waals surface area (Å²) in [5.41, 5.74) is 0. The summed E-state index contributed by atoms with van der Waals surface area (Å²) in [5, 5.41) is 3.32. The molecule has 0 aromatic carbocycles. The number of hydrogen-bond acceptors (Lipinski definition) is 3. The van der Waals surface area contributed by atoms with Gasteiger partial charge in [0.05, 0.1) is 0 Å². The van der Waals surface area contributed by atoms with Crippen LogP contribution in [0.25, 0.3) is 0 Å². The van der Waals surface area contributed by atoms with Crippen molar-refractivity contribution in [1.29, 1.82) is 0 Å². The van der Waals surface area contributed by atoms with Crippen molar-refractivity contribution >= 4 is 0 Å². The van der Waals surface area contributed by atoms with Crippen molar-refractivity contribution in [2.45, 2.75) is 58.2 Å². The minimum absolute atomic E-state index is 0.691. The average Bonchev–Trinajstić information content (AvgIpc) is 2.37. The van der Waals surface area contributed by atoms with Gasteiger partial charge in [-0.2, -0.15) is 0 Å². The Hall–Kier alpha value is -0.120. The molecule has 0 aromatic rings. The van der Waals surface area contributed by atoms with Crippen molar-refractivity contribution in [3.8, 4) is 0 Å². The van der Waals surface area contributed by atoms with E-state index in [1.807, 2.05) is 0 Å². The lowest BCUT2D eigenvalue weighted by Gasteiger charge is -2.50. The summed E-state index contributed by atoms with van der Waals surface area (Å²) in [6, 6.07) is 2.24. The third-order valence-electron chi connectivity index (χ3n) is 5.11. The molecule has 0 amide bonds. The summed E-state index contributed by atoms with van der Waals surface area (Å²) < 4.78 is 0. The Morgan fingerprint density at radius 1 is 1.22 bits per heavy atom. The number of piperazine rings is 1. The van der Waals surface area contributed by atoms with E-state index in [4.69, 9.17) is 0 Å². The van der Waals surface area contributed by atoms with Crippen molar-refractivity contribution in [2.24, 2.45) is 5.92 Å². The summed E-state index contributed by atoms with van der Waals surface area (Å²) in [7, 11) is 2.06. The zero-order valence-corrected chi connectivity index (χ0v) is 12.7. The van der Waals surface area contributed by atoms with Gasteiger partial charge in [-0.05, 0) is 52.7 Å². The average molecular weight is 253 g/mol. The maximum absolute atomic E-state index is 3.32. The largest absolute Gasteiger partial charge is 0.319 e. The molecule has 4 atom stereocenters. The predicted molar refractivity (Wildman–Crippen MR) is 77.9 cm³/mol. The van der Waals surface area contributed by atoms with E-state index < -0.39 is 0 Å². The summed E-state index contributed by atoms with van der Waals surface area (Å²) in [6.45, 7) is 12.2. The van der Waals surface area contributed by atoms with E-state index in [1.54, 1.807) is 0 Å². The standard InChI is InChI=1S/C15H31N3/c1-12(9-16-4)14(3)18-11-15-7-5-6-8-17(15)10-13(18)2/h12-16H,5-11H2,1-4H3. The van der Waals surface area contributed by atoms with E-state index in [1.165, 1.54) is 38.9 Å². The fourth-order valence-corrected chi connectivity index (χ4v) is 3.76. The van der Waals surface area contributed by atoms with E-state index in [0.717, 1.165) is 18.5 Å². The van der Waals surface area contributed by atoms with Crippen LogP contribution in [-0.2, 0) is 0 Å². The van der Waals surface area contributed by atoms with Gasteiger partial charge in [-0.15, -0.1) is 0 Å². The molecule has 0 radical (unpaired) electrons. The Bertz CT molecular complexity index is 256. The van der Waals surface area contributed by atoms with Crippen LogP contribution in [-0.4, -0.2) is 61.2 Å². The molecule has 4 unspecified atom stereocenters. The van der Waals surface area contributed by atoms with Gasteiger partial charge in [-0.25, -0.2) is 0 Å². The number of piperidine rings is 1. The highest BCUT2D eigenvalue weighted by atomic mass is 15.3. The highest BCUT2D eigenvalue weighted by Gasteiger charge is 2.35. The number of nitrogens with one attached hydrogen (secondary N) is 1. The quantitative estimate of drug-likeness (QED) is 0.824. The molecule has 0 aliphatic carbocycles. The molecule has 2 rings (SSSR count). The van der Waals surface area contributed by atoms with E-state index in [9.17, 15) is 0 Å². The van der Waals surface area contributed by atoms with Crippen LogP contribution in [0.4, 0.5) is 0 Å². The van der Waals surface area contributed by atoms with Crippen LogP contribution < -0.4 is 5.32 Å². The molecule has 2 fully saturated rings. The molecule has 106 valence electrons. The summed E-state index contributed by atoms with van der Waals surface area (Å²) in [6.07, 6.45) is 4.26. The maximum atomic E-state index is 3.32. The van der Waals surface area contributed by atoms with Gasteiger partial charge in [0.2, 0.25) is 0 Å². The molecule has 1 N–H and O–H groups in total. The zero-order valence-electron chi connectivity index (χ0n) is 12.7. The zero-order chi connectivity index (χ0) is 13.1. The minimum atomic E-state index is 0.691. The highest BCUT2D eigenvalue weighted by molar-refractivity contribution is 4.92. The van der Waals surface area contributed by atoms with Crippen LogP contribution in [0.3, 0.4) is 0 Å². The summed E-state index contributed by atoms with van der Waals surface area (Å²) >= 11 is 0. The van der Waals surface area contributed by atoms with Gasteiger partial charge in [0.25, 0.3) is 0 Å². The van der Waals surface area contributed by atoms with Crippen molar-refractivity contribution in [1.82, 2.24) is 15.1 Å². The van der Waals surface area contributed by atoms with Crippen LogP contribution >= 0.6 is 0 Å². The summed E-state index contributed by atoms with van der Waals surface area (Å²) in [4.78, 5) is 5.49. The van der Waals surface area contributed by atoms with Crippen molar-refractivity contribution in [3.05, 3.63) is 0 Å². The second-order valence-electron chi connectivity index (χ2n) is 6.47. The first kappa shape index (κ1) is 14.3. The molecule has 2 saturated heterocycles. The van der Waals surface area contributed by atoms with Crippen LogP contribution in [0.1, 0.15) is 40.0 Å². The predicted octanol–water partition coefficient (Wildman–Crippen LogP) is 1.79. The number of rotatable bonds is 4. The fourth-order valence-electron chi connectivity index (χ4n) is 3.76. The number of nitrogens with zero attached hydrogens (tertiary/aromatic N) is 2. The van der Waals surface area contributed by atoms with Crippen molar-refractivity contribution < 1.29 is 0 Å². The second kappa shape index (κ2) is 6.36. The van der Waals surface area contributed by atoms with E-state index in [2.05, 4.69) is 42.9 Å². The van der Waals surface area contributed by atoms with Gasteiger partial charge < -0.3 is 5.32 Å². The smallest absolute Gasteiger partial charge is 0.0224 e. The molecule has 0 bridgehead atoms. The highest BCUT2D eigenvalue weighted by Crippen LogP contribution is 2.26. The second-order valence-corrected chi connectivity index (χ2v) is 6.47. The molecule has 0 spiro atoms. The third kappa shape index (κ3) is 3.06. The molecule has 2 aliphatic rings. The Kier molecular flexibility index (Phi) is 5.05. The topological polar surface area (TPSA) is 18.5 Å². The maximum Gasteiger partial charge on any atom is 0.0224 e. The lowest BCUT2D eigenvalue weighted by atomic mass is 9.93. The molecular weight excluding hydrogens is 222 g/mol. The number of hydrogen-bond donors (Lipinski definition) is 1. The van der Waals surface area contributed by atoms with Crippen LogP contribution in [0, 0.1) is 5.92 Å². The first-order valence-electron chi connectivity index (χ1n) is 7.78. The lowest BCUT2D eigenvalue weighted by molar-refractivity contribution is -0.0151. The van der Waals surface area contributed by atoms with Crippen molar-refractivity contribution in [2.75, 3.05) is 33.2 Å². The van der Waals surface area contributed by atoms with Gasteiger partial charge in [0, 0.05) is 31.2 Å². The Morgan fingerprint density at radius 3 is 2.72 bits per heavy atom. The molecular formula is C15H31N3. The normalized spacial score (nSPS) is 34.0. The van der Waals surface area contributed by atoms with Crippen LogP contribution in [0.5, 0.6) is 0 Å². The van der Waals surface area contributed by atoms with Gasteiger partial charge in [0.15, 0.2) is 0 Å². The molecule has 3 nitrogen and oxygen atoms in total. The molecule has 3 heteroatoms. The molecule has 18 heavy (non-hydrogen) atoms. The lowest BCUT2D eigenvalue weighted by Crippen LogP contribution is -2.61. The number of fused-ring (bicyclic) bond motifs is 1. The Balaban J connectivity index is 1.95. The molecule has 0 saturated carbocycles. The fraction of sp³-hybridized carbons (Fsp3) is 1.00. The summed E-state index contributed by atoms with van der Waals surface area (Å²) in [5.74, 6) is 0.729. The first-order chi connectivity index (χ1) is 8.63. The Morgan fingerprint density at radius 2 is 2.00 bits per heavy atom. The minimum Gasteiger partial charge on any atom is -0.319 e. The monoisotopic (exact) mass is 253 g/mol. The van der Waals surface area contributed by atoms with Crippen molar-refractivity contribution in [3.63, 3.8) is 0 Å². The van der Waals surface area contributed by atoms with Gasteiger partial charge in [0.1, 0.15) is 0 Å². The molecule has 2 heterocycles. The van der Waals surface area contributed by atoms with Gasteiger partial charge in [-0.3, -0.25) is 9.80 Å². The van der Waals surface area contributed by atoms with E-state index >= 15 is 0 Å².